The van der Waals surface area contributed by atoms with E-state index in [1.165, 1.54) is 4.31 Å². The lowest BCUT2D eigenvalue weighted by atomic mass is 10.1. The van der Waals surface area contributed by atoms with E-state index in [-0.39, 0.29) is 6.04 Å². The van der Waals surface area contributed by atoms with Crippen LogP contribution >= 0.6 is 11.6 Å². The molecule has 0 radical (unpaired) electrons. The number of hydrogen-bond donors (Lipinski definition) is 0. The Hall–Kier alpha value is -0.780. The van der Waals surface area contributed by atoms with E-state index >= 15 is 0 Å². The summed E-state index contributed by atoms with van der Waals surface area (Å²) < 4.78 is 30.2. The molecule has 6 heteroatoms. The molecule has 1 rings (SSSR count). The van der Waals surface area contributed by atoms with Crippen LogP contribution in [0.5, 0.6) is 5.75 Å². The van der Waals surface area contributed by atoms with Crippen LogP contribution in [-0.2, 0) is 10.0 Å². The molecule has 0 saturated carbocycles. The Morgan fingerprint density at radius 1 is 1.44 bits per heavy atom. The highest BCUT2D eigenvalue weighted by atomic mass is 35.5. The number of nitrogens with zero attached hydrogens (tertiary/aromatic N) is 1. The highest BCUT2D eigenvalue weighted by Crippen LogP contribution is 2.26. The van der Waals surface area contributed by atoms with Gasteiger partial charge >= 0.3 is 0 Å². The molecule has 1 aromatic carbocycles. The van der Waals surface area contributed by atoms with E-state index in [0.717, 1.165) is 5.56 Å². The molecule has 18 heavy (non-hydrogen) atoms. The van der Waals surface area contributed by atoms with Crippen molar-refractivity contribution in [2.75, 3.05) is 18.9 Å². The van der Waals surface area contributed by atoms with Gasteiger partial charge in [-0.15, -0.1) is 11.6 Å². The molecule has 0 spiro atoms. The van der Waals surface area contributed by atoms with Gasteiger partial charge in [0.2, 0.25) is 10.0 Å². The Morgan fingerprint density at radius 3 is 2.61 bits per heavy atom. The molecule has 0 saturated heterocycles. The van der Waals surface area contributed by atoms with Gasteiger partial charge in [-0.2, -0.15) is 4.31 Å². The molecular weight excluding hydrogens is 274 g/mol. The quantitative estimate of drug-likeness (QED) is 0.757. The first-order valence-electron chi connectivity index (χ1n) is 5.65. The maximum atomic E-state index is 11.9. The van der Waals surface area contributed by atoms with E-state index in [2.05, 4.69) is 0 Å². The fraction of sp³-hybridized carbons (Fsp3) is 0.500. The number of methoxy groups -OCH3 is 1. The topological polar surface area (TPSA) is 46.6 Å². The van der Waals surface area contributed by atoms with Crippen molar-refractivity contribution in [1.29, 1.82) is 0 Å². The van der Waals surface area contributed by atoms with Gasteiger partial charge in [-0.25, -0.2) is 8.42 Å². The van der Waals surface area contributed by atoms with Gasteiger partial charge in [-0.05, 0) is 24.6 Å². The van der Waals surface area contributed by atoms with Gasteiger partial charge in [0.25, 0.3) is 0 Å². The SMILES string of the molecule is CCN(C(C)c1cccc(OC)c1)S(=O)(=O)CCl. The number of rotatable bonds is 6. The fourth-order valence-electron chi connectivity index (χ4n) is 1.84. The Kier molecular flexibility index (Phi) is 5.44. The maximum Gasteiger partial charge on any atom is 0.228 e. The highest BCUT2D eigenvalue weighted by molar-refractivity contribution is 7.90. The highest BCUT2D eigenvalue weighted by Gasteiger charge is 2.25. The molecule has 0 aliphatic heterocycles. The van der Waals surface area contributed by atoms with Gasteiger partial charge in [-0.1, -0.05) is 19.1 Å². The van der Waals surface area contributed by atoms with Crippen molar-refractivity contribution < 1.29 is 13.2 Å². The molecule has 1 unspecified atom stereocenters. The monoisotopic (exact) mass is 291 g/mol. The van der Waals surface area contributed by atoms with Crippen LogP contribution in [-0.4, -0.2) is 31.6 Å². The summed E-state index contributed by atoms with van der Waals surface area (Å²) in [7, 11) is -1.84. The predicted molar refractivity (Wildman–Crippen MR) is 73.4 cm³/mol. The van der Waals surface area contributed by atoms with Gasteiger partial charge in [0, 0.05) is 12.6 Å². The number of benzene rings is 1. The standard InChI is InChI=1S/C12H18ClNO3S/c1-4-14(18(15,16)9-13)10(2)11-6-5-7-12(8-11)17-3/h5-8,10H,4,9H2,1-3H3. The maximum absolute atomic E-state index is 11.9. The summed E-state index contributed by atoms with van der Waals surface area (Å²) in [6.07, 6.45) is 0. The molecule has 0 aliphatic rings. The van der Waals surface area contributed by atoms with Crippen LogP contribution in [0.1, 0.15) is 25.5 Å². The number of alkyl halides is 1. The van der Waals surface area contributed by atoms with E-state index in [0.29, 0.717) is 12.3 Å². The second kappa shape index (κ2) is 6.41. The molecular formula is C12H18ClNO3S. The predicted octanol–water partition coefficient (Wildman–Crippen LogP) is 2.60. The van der Waals surface area contributed by atoms with Crippen molar-refractivity contribution in [3.05, 3.63) is 29.8 Å². The minimum atomic E-state index is -3.42. The molecule has 0 aromatic heterocycles. The molecule has 0 amide bonds. The first-order chi connectivity index (χ1) is 8.46. The zero-order valence-electron chi connectivity index (χ0n) is 10.8. The van der Waals surface area contributed by atoms with Crippen LogP contribution in [0.25, 0.3) is 0 Å². The number of halogens is 1. The van der Waals surface area contributed by atoms with Crippen LogP contribution in [0.3, 0.4) is 0 Å². The largest absolute Gasteiger partial charge is 0.497 e. The van der Waals surface area contributed by atoms with Crippen LogP contribution in [0.4, 0.5) is 0 Å². The summed E-state index contributed by atoms with van der Waals surface area (Å²) in [5, 5.41) is -0.408. The molecule has 1 atom stereocenters. The van der Waals surface area contributed by atoms with Crippen LogP contribution in [0, 0.1) is 0 Å². The molecule has 0 fully saturated rings. The van der Waals surface area contributed by atoms with Gasteiger partial charge in [0.15, 0.2) is 0 Å². The zero-order valence-corrected chi connectivity index (χ0v) is 12.3. The smallest absolute Gasteiger partial charge is 0.228 e. The van der Waals surface area contributed by atoms with Gasteiger partial charge in [0.05, 0.1) is 7.11 Å². The third-order valence-corrected chi connectivity index (χ3v) is 5.21. The molecule has 4 nitrogen and oxygen atoms in total. The summed E-state index contributed by atoms with van der Waals surface area (Å²) in [5.74, 6) is 0.707. The molecule has 0 bridgehead atoms. The first-order valence-corrected chi connectivity index (χ1v) is 7.80. The van der Waals surface area contributed by atoms with Crippen molar-refractivity contribution in [2.45, 2.75) is 19.9 Å². The average Bonchev–Trinajstić information content (AvgIpc) is 2.39. The fourth-order valence-corrected chi connectivity index (χ4v) is 3.34. The summed E-state index contributed by atoms with van der Waals surface area (Å²) in [6.45, 7) is 4.01. The second-order valence-electron chi connectivity index (χ2n) is 3.88. The average molecular weight is 292 g/mol. The summed E-state index contributed by atoms with van der Waals surface area (Å²) in [5.41, 5.74) is 0.880. The van der Waals surface area contributed by atoms with Crippen LogP contribution < -0.4 is 4.74 Å². The van der Waals surface area contributed by atoms with Crippen molar-refractivity contribution in [3.8, 4) is 5.75 Å². The molecule has 0 heterocycles. The van der Waals surface area contributed by atoms with Crippen molar-refractivity contribution in [3.63, 3.8) is 0 Å². The van der Waals surface area contributed by atoms with E-state index in [1.54, 1.807) is 14.0 Å². The lowest BCUT2D eigenvalue weighted by molar-refractivity contribution is 0.357. The molecule has 102 valence electrons. The number of ether oxygens (including phenoxy) is 1. The van der Waals surface area contributed by atoms with E-state index < -0.39 is 15.2 Å². The van der Waals surface area contributed by atoms with Crippen LogP contribution in [0.2, 0.25) is 0 Å². The minimum Gasteiger partial charge on any atom is -0.497 e. The van der Waals surface area contributed by atoms with Crippen LogP contribution in [0.15, 0.2) is 24.3 Å². The summed E-state index contributed by atoms with van der Waals surface area (Å²) in [6, 6.07) is 7.10. The minimum absolute atomic E-state index is 0.270. The van der Waals surface area contributed by atoms with E-state index in [1.807, 2.05) is 31.2 Å². The Labute approximate surface area is 114 Å². The number of hydrogen-bond acceptors (Lipinski definition) is 3. The van der Waals surface area contributed by atoms with E-state index in [9.17, 15) is 8.42 Å². The van der Waals surface area contributed by atoms with Crippen molar-refractivity contribution in [2.24, 2.45) is 0 Å². The van der Waals surface area contributed by atoms with Gasteiger partial charge in [-0.3, -0.25) is 0 Å². The summed E-state index contributed by atoms with van der Waals surface area (Å²) >= 11 is 5.50. The van der Waals surface area contributed by atoms with E-state index in [4.69, 9.17) is 16.3 Å². The first kappa shape index (κ1) is 15.3. The normalized spacial score (nSPS) is 13.6. The van der Waals surface area contributed by atoms with Gasteiger partial charge < -0.3 is 4.74 Å². The van der Waals surface area contributed by atoms with Gasteiger partial charge in [0.1, 0.15) is 11.0 Å². The third-order valence-electron chi connectivity index (χ3n) is 2.82. The Morgan fingerprint density at radius 2 is 2.11 bits per heavy atom. The third kappa shape index (κ3) is 3.37. The number of sulfonamides is 1. The Bertz CT molecular complexity index is 490. The lowest BCUT2D eigenvalue weighted by Crippen LogP contribution is -2.34. The lowest BCUT2D eigenvalue weighted by Gasteiger charge is -2.26. The molecule has 0 aliphatic carbocycles. The summed E-state index contributed by atoms with van der Waals surface area (Å²) in [4.78, 5) is 0. The molecule has 1 aromatic rings. The Balaban J connectivity index is 3.07. The second-order valence-corrected chi connectivity index (χ2v) is 6.38. The van der Waals surface area contributed by atoms with Crippen molar-refractivity contribution in [1.82, 2.24) is 4.31 Å². The molecule has 0 N–H and O–H groups in total. The zero-order chi connectivity index (χ0) is 13.8. The van der Waals surface area contributed by atoms with Crippen molar-refractivity contribution >= 4 is 21.6 Å².